The highest BCUT2D eigenvalue weighted by Gasteiger charge is 2.31. The molecular weight excluding hydrogens is 394 g/mol. The van der Waals surface area contributed by atoms with Gasteiger partial charge >= 0.3 is 0 Å². The number of hydrogen-bond donors (Lipinski definition) is 2. The van der Waals surface area contributed by atoms with Crippen LogP contribution in [0.25, 0.3) is 22.0 Å². The van der Waals surface area contributed by atoms with Crippen LogP contribution in [0.5, 0.6) is 0 Å². The van der Waals surface area contributed by atoms with Gasteiger partial charge in [0.25, 0.3) is 5.56 Å². The van der Waals surface area contributed by atoms with Crippen molar-refractivity contribution in [3.05, 3.63) is 51.1 Å². The fraction of sp³-hybridized carbons (Fsp3) is 0.500. The molecule has 0 amide bonds. The number of H-pyrrole nitrogens is 1. The average Bonchev–Trinajstić information content (AvgIpc) is 3.17. The van der Waals surface area contributed by atoms with Gasteiger partial charge in [-0.25, -0.2) is 4.68 Å². The Morgan fingerprint density at radius 2 is 2.13 bits per heavy atom. The number of aliphatic hydroxyl groups is 1. The van der Waals surface area contributed by atoms with E-state index in [1.165, 1.54) is 0 Å². The lowest BCUT2D eigenvalue weighted by molar-refractivity contribution is -0.0411. The van der Waals surface area contributed by atoms with Crippen LogP contribution in [0.4, 0.5) is 0 Å². The molecule has 0 spiro atoms. The number of pyridine rings is 1. The highest BCUT2D eigenvalue weighted by Crippen LogP contribution is 2.40. The number of hydrogen-bond acceptors (Lipinski definition) is 5. The number of ether oxygens (including phenoxy) is 2. The summed E-state index contributed by atoms with van der Waals surface area (Å²) in [6.45, 7) is 6.87. The van der Waals surface area contributed by atoms with Crippen molar-refractivity contribution in [1.82, 2.24) is 14.8 Å². The van der Waals surface area contributed by atoms with E-state index in [2.05, 4.69) is 22.2 Å². The van der Waals surface area contributed by atoms with Gasteiger partial charge in [-0.2, -0.15) is 5.10 Å². The zero-order chi connectivity index (χ0) is 21.8. The number of aromatic amines is 1. The minimum absolute atomic E-state index is 0.0728. The van der Waals surface area contributed by atoms with Crippen molar-refractivity contribution < 1.29 is 14.6 Å². The second-order valence-electron chi connectivity index (χ2n) is 9.25. The summed E-state index contributed by atoms with van der Waals surface area (Å²) in [5.74, 6) is 0. The Labute approximate surface area is 181 Å². The van der Waals surface area contributed by atoms with Crippen molar-refractivity contribution in [3.8, 4) is 11.1 Å². The first-order chi connectivity index (χ1) is 14.9. The fourth-order valence-corrected chi connectivity index (χ4v) is 4.95. The van der Waals surface area contributed by atoms with Gasteiger partial charge in [0.1, 0.15) is 0 Å². The van der Waals surface area contributed by atoms with Crippen LogP contribution < -0.4 is 5.56 Å². The Bertz CT molecular complexity index is 1200. The smallest absolute Gasteiger partial charge is 0.254 e. The minimum atomic E-state index is -0.349. The lowest BCUT2D eigenvalue weighted by atomic mass is 9.86. The summed E-state index contributed by atoms with van der Waals surface area (Å²) in [7, 11) is 0. The lowest BCUT2D eigenvalue weighted by Crippen LogP contribution is -2.35. The highest BCUT2D eigenvalue weighted by molar-refractivity contribution is 5.98. The molecule has 5 rings (SSSR count). The number of nitrogens with one attached hydrogen (secondary N) is 1. The van der Waals surface area contributed by atoms with E-state index in [1.807, 2.05) is 31.6 Å². The standard InChI is InChI=1S/C24H29N3O4/c1-14-7-8-19-15(11-25-27(19)20-6-4-5-9-30-20)21(14)22-16(12-28)23(29)26-18-10-24(2,3)31-13-17(18)22/h7-8,11,20,28H,4-6,9-10,12-13H2,1-3H3,(H,26,29). The van der Waals surface area contributed by atoms with Crippen LogP contribution in [-0.2, 0) is 29.1 Å². The zero-order valence-corrected chi connectivity index (χ0v) is 18.3. The Morgan fingerprint density at radius 3 is 2.87 bits per heavy atom. The number of benzene rings is 1. The van der Waals surface area contributed by atoms with E-state index >= 15 is 0 Å². The van der Waals surface area contributed by atoms with Gasteiger partial charge in [-0.3, -0.25) is 4.79 Å². The number of aryl methyl sites for hydroxylation is 1. The SMILES string of the molecule is Cc1ccc2c(cnn2C2CCCCO2)c1-c1c2c([nH]c(=O)c1CO)CC(C)(C)OC2. The zero-order valence-electron chi connectivity index (χ0n) is 18.3. The molecule has 0 bridgehead atoms. The molecule has 1 saturated heterocycles. The number of aromatic nitrogens is 3. The maximum Gasteiger partial charge on any atom is 0.254 e. The topological polar surface area (TPSA) is 89.4 Å². The van der Waals surface area contributed by atoms with E-state index < -0.39 is 0 Å². The molecule has 1 aromatic carbocycles. The maximum atomic E-state index is 12.9. The molecule has 2 aromatic heterocycles. The molecule has 2 N–H and O–H groups in total. The molecule has 2 aliphatic rings. The average molecular weight is 424 g/mol. The van der Waals surface area contributed by atoms with E-state index in [1.54, 1.807) is 0 Å². The molecule has 3 aromatic rings. The molecule has 0 radical (unpaired) electrons. The van der Waals surface area contributed by atoms with Crippen molar-refractivity contribution in [2.24, 2.45) is 0 Å². The Balaban J connectivity index is 1.76. The Kier molecular flexibility index (Phi) is 5.00. The first-order valence-electron chi connectivity index (χ1n) is 11.0. The molecule has 31 heavy (non-hydrogen) atoms. The molecule has 7 heteroatoms. The number of nitrogens with zero attached hydrogens (tertiary/aromatic N) is 2. The van der Waals surface area contributed by atoms with Crippen LogP contribution in [0.3, 0.4) is 0 Å². The highest BCUT2D eigenvalue weighted by atomic mass is 16.5. The first kappa shape index (κ1) is 20.4. The molecule has 0 saturated carbocycles. The van der Waals surface area contributed by atoms with Gasteiger partial charge in [0.05, 0.1) is 36.1 Å². The van der Waals surface area contributed by atoms with Gasteiger partial charge in [0.2, 0.25) is 0 Å². The fourth-order valence-electron chi connectivity index (χ4n) is 4.95. The van der Waals surface area contributed by atoms with Crippen LogP contribution in [0.2, 0.25) is 0 Å². The van der Waals surface area contributed by atoms with Crippen LogP contribution in [-0.4, -0.2) is 32.1 Å². The van der Waals surface area contributed by atoms with Gasteiger partial charge in [-0.1, -0.05) is 6.07 Å². The molecule has 4 heterocycles. The third kappa shape index (κ3) is 3.41. The Morgan fingerprint density at radius 1 is 1.29 bits per heavy atom. The van der Waals surface area contributed by atoms with E-state index in [-0.39, 0.29) is 24.0 Å². The largest absolute Gasteiger partial charge is 0.391 e. The third-order valence-electron chi connectivity index (χ3n) is 6.54. The van der Waals surface area contributed by atoms with E-state index in [4.69, 9.17) is 9.47 Å². The summed E-state index contributed by atoms with van der Waals surface area (Å²) in [6, 6.07) is 4.12. The summed E-state index contributed by atoms with van der Waals surface area (Å²) in [5.41, 5.74) is 5.34. The van der Waals surface area contributed by atoms with Crippen molar-refractivity contribution in [2.45, 2.75) is 71.5 Å². The summed E-state index contributed by atoms with van der Waals surface area (Å²) in [6.07, 6.45) is 5.53. The third-order valence-corrected chi connectivity index (χ3v) is 6.54. The molecule has 2 aliphatic heterocycles. The second kappa shape index (κ2) is 7.58. The van der Waals surface area contributed by atoms with Crippen molar-refractivity contribution >= 4 is 10.9 Å². The number of rotatable bonds is 3. The predicted molar refractivity (Wildman–Crippen MR) is 118 cm³/mol. The Hall–Kier alpha value is -2.48. The monoisotopic (exact) mass is 423 g/mol. The molecule has 164 valence electrons. The van der Waals surface area contributed by atoms with E-state index in [9.17, 15) is 9.90 Å². The van der Waals surface area contributed by atoms with Crippen molar-refractivity contribution in [3.63, 3.8) is 0 Å². The molecule has 1 atom stereocenters. The number of fused-ring (bicyclic) bond motifs is 2. The maximum absolute atomic E-state index is 12.9. The molecular formula is C24H29N3O4. The first-order valence-corrected chi connectivity index (χ1v) is 11.0. The quantitative estimate of drug-likeness (QED) is 0.670. The van der Waals surface area contributed by atoms with Crippen LogP contribution in [0.1, 0.15) is 61.7 Å². The minimum Gasteiger partial charge on any atom is -0.391 e. The normalized spacial score (nSPS) is 20.7. The number of aliphatic hydroxyl groups excluding tert-OH is 1. The summed E-state index contributed by atoms with van der Waals surface area (Å²) < 4.78 is 14.0. The summed E-state index contributed by atoms with van der Waals surface area (Å²) >= 11 is 0. The second-order valence-corrected chi connectivity index (χ2v) is 9.25. The van der Waals surface area contributed by atoms with Crippen LogP contribution in [0, 0.1) is 6.92 Å². The van der Waals surface area contributed by atoms with E-state index in [0.29, 0.717) is 18.6 Å². The van der Waals surface area contributed by atoms with Crippen molar-refractivity contribution in [1.29, 1.82) is 0 Å². The van der Waals surface area contributed by atoms with Gasteiger partial charge in [-0.05, 0) is 57.2 Å². The van der Waals surface area contributed by atoms with Gasteiger partial charge in [0.15, 0.2) is 6.23 Å². The molecule has 7 nitrogen and oxygen atoms in total. The molecule has 1 unspecified atom stereocenters. The molecule has 1 fully saturated rings. The van der Waals surface area contributed by atoms with Gasteiger partial charge in [-0.15, -0.1) is 0 Å². The summed E-state index contributed by atoms with van der Waals surface area (Å²) in [4.78, 5) is 15.9. The van der Waals surface area contributed by atoms with Crippen molar-refractivity contribution in [2.75, 3.05) is 6.61 Å². The van der Waals surface area contributed by atoms with Gasteiger partial charge < -0.3 is 19.6 Å². The lowest BCUT2D eigenvalue weighted by Gasteiger charge is -2.33. The predicted octanol–water partition coefficient (Wildman–Crippen LogP) is 3.74. The van der Waals surface area contributed by atoms with Crippen LogP contribution in [0.15, 0.2) is 23.1 Å². The van der Waals surface area contributed by atoms with Gasteiger partial charge in [0, 0.05) is 35.2 Å². The summed E-state index contributed by atoms with van der Waals surface area (Å²) in [5, 5.41) is 15.8. The van der Waals surface area contributed by atoms with Crippen LogP contribution >= 0.6 is 0 Å². The van der Waals surface area contributed by atoms with E-state index in [0.717, 1.165) is 64.7 Å². The molecule has 0 aliphatic carbocycles.